The second-order valence-electron chi connectivity index (χ2n) is 6.93. The van der Waals surface area contributed by atoms with E-state index in [1.54, 1.807) is 23.6 Å². The summed E-state index contributed by atoms with van der Waals surface area (Å²) in [5.41, 5.74) is 3.01. The lowest BCUT2D eigenvalue weighted by molar-refractivity contribution is 0.0989. The third-order valence-corrected chi connectivity index (χ3v) is 6.20. The average Bonchev–Trinajstić information content (AvgIpc) is 3.24. The lowest BCUT2D eigenvalue weighted by Gasteiger charge is -2.23. The first-order valence-corrected chi connectivity index (χ1v) is 10.7. The first-order chi connectivity index (χ1) is 14.8. The minimum absolute atomic E-state index is 0.0730. The number of carbonyl (C=O) groups is 1. The first-order valence-electron chi connectivity index (χ1n) is 9.87. The summed E-state index contributed by atoms with van der Waals surface area (Å²) in [6.07, 6.45) is 1.71. The average molecular weight is 410 g/mol. The number of amides is 1. The molecule has 0 aliphatic heterocycles. The summed E-state index contributed by atoms with van der Waals surface area (Å²) in [6, 6.07) is 25.8. The molecule has 30 heavy (non-hydrogen) atoms. The molecule has 0 fully saturated rings. The van der Waals surface area contributed by atoms with Crippen LogP contribution in [0.1, 0.15) is 17.3 Å². The topological polar surface area (TPSA) is 46.1 Å². The van der Waals surface area contributed by atoms with Crippen molar-refractivity contribution in [3.63, 3.8) is 0 Å². The first kappa shape index (κ1) is 18.5. The molecule has 0 unspecified atom stereocenters. The van der Waals surface area contributed by atoms with Crippen molar-refractivity contribution in [2.75, 3.05) is 11.4 Å². The minimum atomic E-state index is -0.0730. The molecule has 0 N–H and O–H groups in total. The summed E-state index contributed by atoms with van der Waals surface area (Å²) < 4.78 is 1.08. The van der Waals surface area contributed by atoms with E-state index in [2.05, 4.69) is 23.2 Å². The normalized spacial score (nSPS) is 11.1. The molecular weight excluding hydrogens is 390 g/mol. The fourth-order valence-electron chi connectivity index (χ4n) is 3.73. The Morgan fingerprint density at radius 1 is 0.933 bits per heavy atom. The summed E-state index contributed by atoms with van der Waals surface area (Å²) in [5.74, 6) is -0.0730. The number of carbonyl (C=O) groups excluding carboxylic acids is 1. The number of para-hydroxylation sites is 1. The molecule has 5 aromatic rings. The van der Waals surface area contributed by atoms with Crippen molar-refractivity contribution in [1.29, 1.82) is 0 Å². The second-order valence-corrected chi connectivity index (χ2v) is 7.96. The number of thiazole rings is 1. The third-order valence-electron chi connectivity index (χ3n) is 5.15. The van der Waals surface area contributed by atoms with Crippen LogP contribution in [0.3, 0.4) is 0 Å². The van der Waals surface area contributed by atoms with E-state index in [-0.39, 0.29) is 5.91 Å². The van der Waals surface area contributed by atoms with Gasteiger partial charge in [0.2, 0.25) is 0 Å². The molecule has 2 heterocycles. The summed E-state index contributed by atoms with van der Waals surface area (Å²) in [5, 5.41) is 2.92. The van der Waals surface area contributed by atoms with E-state index in [0.29, 0.717) is 17.8 Å². The highest BCUT2D eigenvalue weighted by atomic mass is 32.1. The molecule has 0 aliphatic rings. The van der Waals surface area contributed by atoms with Gasteiger partial charge in [-0.1, -0.05) is 48.5 Å². The van der Waals surface area contributed by atoms with Gasteiger partial charge in [0.1, 0.15) is 10.7 Å². The Morgan fingerprint density at radius 3 is 2.60 bits per heavy atom. The number of hydrogen-bond acceptors (Lipinski definition) is 4. The summed E-state index contributed by atoms with van der Waals surface area (Å²) in [7, 11) is 0. The molecule has 0 aliphatic carbocycles. The zero-order valence-electron chi connectivity index (χ0n) is 16.4. The summed E-state index contributed by atoms with van der Waals surface area (Å²) in [6.45, 7) is 2.55. The third kappa shape index (κ3) is 3.13. The number of anilines is 1. The molecule has 1 amide bonds. The maximum atomic E-state index is 13.7. The predicted octanol–water partition coefficient (Wildman–Crippen LogP) is 6.18. The zero-order chi connectivity index (χ0) is 20.5. The van der Waals surface area contributed by atoms with Crippen molar-refractivity contribution in [3.05, 3.63) is 90.6 Å². The largest absolute Gasteiger partial charge is 0.308 e. The quantitative estimate of drug-likeness (QED) is 0.356. The molecule has 3 aromatic carbocycles. The number of benzene rings is 3. The van der Waals surface area contributed by atoms with E-state index in [1.807, 2.05) is 66.4 Å². The number of pyridine rings is 1. The Labute approximate surface area is 178 Å². The number of rotatable bonds is 4. The van der Waals surface area contributed by atoms with E-state index in [9.17, 15) is 4.79 Å². The molecular formula is C25H19N3OS. The van der Waals surface area contributed by atoms with Gasteiger partial charge in [0.25, 0.3) is 5.91 Å². The van der Waals surface area contributed by atoms with E-state index < -0.39 is 0 Å². The number of fused-ring (bicyclic) bond motifs is 2. The zero-order valence-corrected chi connectivity index (χ0v) is 17.3. The van der Waals surface area contributed by atoms with Gasteiger partial charge in [-0.25, -0.2) is 4.98 Å². The van der Waals surface area contributed by atoms with Crippen LogP contribution in [-0.4, -0.2) is 22.4 Å². The number of hydrogen-bond donors (Lipinski definition) is 0. The second kappa shape index (κ2) is 7.69. The van der Waals surface area contributed by atoms with Gasteiger partial charge < -0.3 is 4.90 Å². The monoisotopic (exact) mass is 409 g/mol. The van der Waals surface area contributed by atoms with E-state index in [4.69, 9.17) is 4.98 Å². The van der Waals surface area contributed by atoms with Gasteiger partial charge in [-0.2, -0.15) is 0 Å². The maximum absolute atomic E-state index is 13.7. The highest BCUT2D eigenvalue weighted by Crippen LogP contribution is 2.33. The van der Waals surface area contributed by atoms with Crippen LogP contribution in [0.4, 0.5) is 5.69 Å². The van der Waals surface area contributed by atoms with Gasteiger partial charge in [-0.3, -0.25) is 9.78 Å². The molecule has 4 nitrogen and oxygen atoms in total. The van der Waals surface area contributed by atoms with Crippen molar-refractivity contribution in [3.8, 4) is 10.7 Å². The number of aromatic nitrogens is 2. The maximum Gasteiger partial charge on any atom is 0.260 e. The van der Waals surface area contributed by atoms with E-state index >= 15 is 0 Å². The molecule has 2 aromatic heterocycles. The standard InChI is InChI=1S/C25H19N3OS/c1-2-28(21-14-7-10-17-9-3-4-11-18(17)21)25(29)19-12-8-16-26-23(19)24-27-20-13-5-6-15-22(20)30-24/h3-16H,2H2,1H3. The molecule has 0 atom stereocenters. The molecule has 0 saturated carbocycles. The fraction of sp³-hybridized carbons (Fsp3) is 0.0800. The van der Waals surface area contributed by atoms with Gasteiger partial charge in [-0.05, 0) is 42.6 Å². The van der Waals surface area contributed by atoms with Crippen LogP contribution in [0.2, 0.25) is 0 Å². The fourth-order valence-corrected chi connectivity index (χ4v) is 4.71. The van der Waals surface area contributed by atoms with Crippen molar-refractivity contribution >= 4 is 43.9 Å². The van der Waals surface area contributed by atoms with Crippen LogP contribution in [-0.2, 0) is 0 Å². The van der Waals surface area contributed by atoms with Crippen LogP contribution in [0.15, 0.2) is 85.1 Å². The Hall–Kier alpha value is -3.57. The molecule has 0 bridgehead atoms. The van der Waals surface area contributed by atoms with Crippen molar-refractivity contribution in [2.24, 2.45) is 0 Å². The lowest BCUT2D eigenvalue weighted by Crippen LogP contribution is -2.31. The van der Waals surface area contributed by atoms with Crippen molar-refractivity contribution < 1.29 is 4.79 Å². The molecule has 146 valence electrons. The van der Waals surface area contributed by atoms with E-state index in [1.165, 1.54) is 0 Å². The Bertz CT molecular complexity index is 1340. The highest BCUT2D eigenvalue weighted by molar-refractivity contribution is 7.21. The number of nitrogens with zero attached hydrogens (tertiary/aromatic N) is 3. The lowest BCUT2D eigenvalue weighted by atomic mass is 10.1. The molecule has 5 rings (SSSR count). The van der Waals surface area contributed by atoms with Gasteiger partial charge in [0, 0.05) is 18.1 Å². The van der Waals surface area contributed by atoms with Gasteiger partial charge in [0.05, 0.1) is 21.5 Å². The smallest absolute Gasteiger partial charge is 0.260 e. The summed E-state index contributed by atoms with van der Waals surface area (Å²) >= 11 is 1.56. The highest BCUT2D eigenvalue weighted by Gasteiger charge is 2.23. The molecule has 5 heteroatoms. The molecule has 0 saturated heterocycles. The van der Waals surface area contributed by atoms with E-state index in [0.717, 1.165) is 31.7 Å². The Morgan fingerprint density at radius 2 is 1.73 bits per heavy atom. The van der Waals surface area contributed by atoms with Crippen LogP contribution in [0.5, 0.6) is 0 Å². The van der Waals surface area contributed by atoms with Crippen LogP contribution < -0.4 is 4.90 Å². The SMILES string of the molecule is CCN(C(=O)c1cccnc1-c1nc2ccccc2s1)c1cccc2ccccc12. The Balaban J connectivity index is 1.62. The molecule has 0 spiro atoms. The van der Waals surface area contributed by atoms with Gasteiger partial charge >= 0.3 is 0 Å². The minimum Gasteiger partial charge on any atom is -0.308 e. The van der Waals surface area contributed by atoms with Gasteiger partial charge in [0.15, 0.2) is 0 Å². The Kier molecular flexibility index (Phi) is 4.73. The van der Waals surface area contributed by atoms with Crippen molar-refractivity contribution in [2.45, 2.75) is 6.92 Å². The van der Waals surface area contributed by atoms with Gasteiger partial charge in [-0.15, -0.1) is 11.3 Å². The van der Waals surface area contributed by atoms with Crippen molar-refractivity contribution in [1.82, 2.24) is 9.97 Å². The predicted molar refractivity (Wildman–Crippen MR) is 124 cm³/mol. The molecule has 0 radical (unpaired) electrons. The summed E-state index contributed by atoms with van der Waals surface area (Å²) in [4.78, 5) is 24.8. The van der Waals surface area contributed by atoms with Crippen LogP contribution >= 0.6 is 11.3 Å². The van der Waals surface area contributed by atoms with Crippen LogP contribution in [0.25, 0.3) is 31.7 Å². The van der Waals surface area contributed by atoms with Crippen LogP contribution in [0, 0.1) is 0 Å².